The van der Waals surface area contributed by atoms with Crippen molar-refractivity contribution in [2.75, 3.05) is 6.61 Å². The van der Waals surface area contributed by atoms with Gasteiger partial charge in [-0.15, -0.1) is 0 Å². The van der Waals surface area contributed by atoms with Gasteiger partial charge in [-0.25, -0.2) is 0 Å². The summed E-state index contributed by atoms with van der Waals surface area (Å²) in [6.45, 7) is 0.833. The Hall–Kier alpha value is -0.570. The fourth-order valence-corrected chi connectivity index (χ4v) is 0.716. The van der Waals surface area contributed by atoms with E-state index in [4.69, 9.17) is 9.84 Å². The SMILES string of the molecule is O=C(O)CCC[C@H]1CO1. The van der Waals surface area contributed by atoms with E-state index in [1.807, 2.05) is 0 Å². The summed E-state index contributed by atoms with van der Waals surface area (Å²) in [6.07, 6.45) is 2.32. The predicted molar refractivity (Wildman–Crippen MR) is 31.2 cm³/mol. The Bertz CT molecular complexity index is 107. The summed E-state index contributed by atoms with van der Waals surface area (Å²) in [5.41, 5.74) is 0. The molecule has 52 valence electrons. The molecule has 0 radical (unpaired) electrons. The zero-order valence-corrected chi connectivity index (χ0v) is 5.17. The van der Waals surface area contributed by atoms with Gasteiger partial charge in [0.15, 0.2) is 0 Å². The number of rotatable bonds is 4. The standard InChI is InChI=1S/C6H10O3/c7-6(8)3-1-2-5-4-9-5/h5H,1-4H2,(H,7,8)/t5-/m0/s1. The number of hydrogen-bond acceptors (Lipinski definition) is 2. The number of epoxide rings is 1. The Labute approximate surface area is 53.6 Å². The van der Waals surface area contributed by atoms with E-state index in [1.54, 1.807) is 0 Å². The van der Waals surface area contributed by atoms with Gasteiger partial charge in [-0.2, -0.15) is 0 Å². The molecule has 0 bridgehead atoms. The van der Waals surface area contributed by atoms with Crippen molar-refractivity contribution in [1.29, 1.82) is 0 Å². The van der Waals surface area contributed by atoms with Crippen LogP contribution < -0.4 is 0 Å². The first-order valence-electron chi connectivity index (χ1n) is 3.12. The van der Waals surface area contributed by atoms with Gasteiger partial charge in [0.2, 0.25) is 0 Å². The first kappa shape index (κ1) is 6.55. The van der Waals surface area contributed by atoms with Crippen LogP contribution in [0.1, 0.15) is 19.3 Å². The summed E-state index contributed by atoms with van der Waals surface area (Å²) in [5, 5.41) is 8.21. The van der Waals surface area contributed by atoms with Crippen molar-refractivity contribution in [3.05, 3.63) is 0 Å². The topological polar surface area (TPSA) is 49.8 Å². The van der Waals surface area contributed by atoms with Crippen LogP contribution in [0, 0.1) is 0 Å². The number of ether oxygens (including phenoxy) is 1. The minimum Gasteiger partial charge on any atom is -0.481 e. The van der Waals surface area contributed by atoms with E-state index in [1.165, 1.54) is 0 Å². The number of carbonyl (C=O) groups is 1. The second-order valence-electron chi connectivity index (χ2n) is 2.24. The number of hydrogen-bond donors (Lipinski definition) is 1. The van der Waals surface area contributed by atoms with Gasteiger partial charge in [0.05, 0.1) is 12.7 Å². The third-order valence-electron chi connectivity index (χ3n) is 1.32. The van der Waals surface area contributed by atoms with Crippen molar-refractivity contribution in [3.63, 3.8) is 0 Å². The molecule has 0 saturated carbocycles. The van der Waals surface area contributed by atoms with Crippen LogP contribution in [0.4, 0.5) is 0 Å². The summed E-state index contributed by atoms with van der Waals surface area (Å²) in [6, 6.07) is 0. The van der Waals surface area contributed by atoms with Gasteiger partial charge >= 0.3 is 5.97 Å². The molecule has 1 N–H and O–H groups in total. The molecule has 9 heavy (non-hydrogen) atoms. The third-order valence-corrected chi connectivity index (χ3v) is 1.32. The van der Waals surface area contributed by atoms with Crippen molar-refractivity contribution in [1.82, 2.24) is 0 Å². The highest BCUT2D eigenvalue weighted by molar-refractivity contribution is 5.66. The summed E-state index contributed by atoms with van der Waals surface area (Å²) in [5.74, 6) is -0.712. The third kappa shape index (κ3) is 3.08. The molecule has 1 atom stereocenters. The average Bonchev–Trinajstić information content (AvgIpc) is 2.48. The van der Waals surface area contributed by atoms with Crippen molar-refractivity contribution >= 4 is 5.97 Å². The molecule has 1 fully saturated rings. The molecule has 0 aromatic carbocycles. The maximum atomic E-state index is 9.96. The fourth-order valence-electron chi connectivity index (χ4n) is 0.716. The highest BCUT2D eigenvalue weighted by Gasteiger charge is 2.21. The lowest BCUT2D eigenvalue weighted by Gasteiger charge is -1.89. The lowest BCUT2D eigenvalue weighted by molar-refractivity contribution is -0.137. The lowest BCUT2D eigenvalue weighted by Crippen LogP contribution is -1.95. The van der Waals surface area contributed by atoms with E-state index < -0.39 is 5.97 Å². The van der Waals surface area contributed by atoms with Crippen LogP contribution >= 0.6 is 0 Å². The molecule has 0 aromatic rings. The van der Waals surface area contributed by atoms with Gasteiger partial charge in [-0.05, 0) is 12.8 Å². The monoisotopic (exact) mass is 130 g/mol. The molecular weight excluding hydrogens is 120 g/mol. The van der Waals surface area contributed by atoms with Crippen LogP contribution in [-0.4, -0.2) is 23.8 Å². The first-order chi connectivity index (χ1) is 4.29. The zero-order chi connectivity index (χ0) is 6.69. The predicted octanol–water partition coefficient (Wildman–Crippen LogP) is 0.640. The fraction of sp³-hybridized carbons (Fsp3) is 0.833. The molecule has 1 aliphatic heterocycles. The smallest absolute Gasteiger partial charge is 0.303 e. The van der Waals surface area contributed by atoms with Gasteiger partial charge in [0.25, 0.3) is 0 Å². The molecule has 0 aromatic heterocycles. The Balaban J connectivity index is 1.86. The van der Waals surface area contributed by atoms with Gasteiger partial charge in [0, 0.05) is 6.42 Å². The van der Waals surface area contributed by atoms with E-state index >= 15 is 0 Å². The molecule has 1 rings (SSSR count). The molecule has 3 nitrogen and oxygen atoms in total. The first-order valence-corrected chi connectivity index (χ1v) is 3.12. The number of carboxylic acid groups (broad SMARTS) is 1. The van der Waals surface area contributed by atoms with Crippen molar-refractivity contribution in [2.24, 2.45) is 0 Å². The van der Waals surface area contributed by atoms with E-state index in [0.717, 1.165) is 19.4 Å². The Morgan fingerprint density at radius 3 is 2.89 bits per heavy atom. The van der Waals surface area contributed by atoms with Gasteiger partial charge in [-0.1, -0.05) is 0 Å². The highest BCUT2D eigenvalue weighted by Crippen LogP contribution is 2.15. The largest absolute Gasteiger partial charge is 0.481 e. The molecule has 0 amide bonds. The lowest BCUT2D eigenvalue weighted by atomic mass is 10.2. The molecule has 1 aliphatic rings. The van der Waals surface area contributed by atoms with Crippen LogP contribution in [0.15, 0.2) is 0 Å². The molecule has 0 unspecified atom stereocenters. The van der Waals surface area contributed by atoms with E-state index in [9.17, 15) is 4.79 Å². The minimum atomic E-state index is -0.712. The molecule has 0 spiro atoms. The highest BCUT2D eigenvalue weighted by atomic mass is 16.6. The molecular formula is C6H10O3. The molecule has 1 heterocycles. The van der Waals surface area contributed by atoms with E-state index in [0.29, 0.717) is 6.10 Å². The van der Waals surface area contributed by atoms with E-state index in [2.05, 4.69) is 0 Å². The second kappa shape index (κ2) is 2.82. The summed E-state index contributed by atoms with van der Waals surface area (Å²) in [4.78, 5) is 9.96. The van der Waals surface area contributed by atoms with Crippen LogP contribution in [-0.2, 0) is 9.53 Å². The van der Waals surface area contributed by atoms with E-state index in [-0.39, 0.29) is 6.42 Å². The van der Waals surface area contributed by atoms with Gasteiger partial charge in [-0.3, -0.25) is 4.79 Å². The second-order valence-corrected chi connectivity index (χ2v) is 2.24. The van der Waals surface area contributed by atoms with Crippen LogP contribution in [0.2, 0.25) is 0 Å². The molecule has 3 heteroatoms. The Morgan fingerprint density at radius 1 is 1.78 bits per heavy atom. The summed E-state index contributed by atoms with van der Waals surface area (Å²) in [7, 11) is 0. The maximum Gasteiger partial charge on any atom is 0.303 e. The van der Waals surface area contributed by atoms with Gasteiger partial charge in [0.1, 0.15) is 0 Å². The quantitative estimate of drug-likeness (QED) is 0.568. The Morgan fingerprint density at radius 2 is 2.44 bits per heavy atom. The normalized spacial score (nSPS) is 23.8. The minimum absolute atomic E-state index is 0.278. The average molecular weight is 130 g/mol. The molecule has 1 saturated heterocycles. The zero-order valence-electron chi connectivity index (χ0n) is 5.17. The van der Waals surface area contributed by atoms with Crippen LogP contribution in [0.25, 0.3) is 0 Å². The van der Waals surface area contributed by atoms with Gasteiger partial charge < -0.3 is 9.84 Å². The van der Waals surface area contributed by atoms with Crippen molar-refractivity contribution in [2.45, 2.75) is 25.4 Å². The Kier molecular flexibility index (Phi) is 2.05. The number of carboxylic acids is 1. The van der Waals surface area contributed by atoms with Crippen LogP contribution in [0.5, 0.6) is 0 Å². The molecule has 0 aliphatic carbocycles. The number of aliphatic carboxylic acids is 1. The maximum absolute atomic E-state index is 9.96. The van der Waals surface area contributed by atoms with Crippen LogP contribution in [0.3, 0.4) is 0 Å². The summed E-state index contributed by atoms with van der Waals surface area (Å²) >= 11 is 0. The summed E-state index contributed by atoms with van der Waals surface area (Å²) < 4.78 is 4.90. The van der Waals surface area contributed by atoms with Crippen molar-refractivity contribution < 1.29 is 14.6 Å². The van der Waals surface area contributed by atoms with Crippen molar-refractivity contribution in [3.8, 4) is 0 Å².